The van der Waals surface area contributed by atoms with E-state index in [2.05, 4.69) is 36.1 Å². The van der Waals surface area contributed by atoms with Gasteiger partial charge in [-0.15, -0.1) is 0 Å². The van der Waals surface area contributed by atoms with E-state index in [-0.39, 0.29) is 35.1 Å². The van der Waals surface area contributed by atoms with Gasteiger partial charge in [0, 0.05) is 0 Å². The zero-order chi connectivity index (χ0) is 23.5. The van der Waals surface area contributed by atoms with E-state index in [4.69, 9.17) is 0 Å². The molecule has 3 N–H and O–H groups in total. The smallest absolute Gasteiger partial charge is 0.205 e. The van der Waals surface area contributed by atoms with E-state index in [9.17, 15) is 15.3 Å². The molecule has 0 fully saturated rings. The molecule has 0 atom stereocenters. The van der Waals surface area contributed by atoms with Crippen LogP contribution in [0.5, 0.6) is 17.2 Å². The van der Waals surface area contributed by atoms with Crippen molar-refractivity contribution in [2.45, 2.75) is 0 Å². The van der Waals surface area contributed by atoms with Crippen molar-refractivity contribution >= 4 is 34.9 Å². The Kier molecular flexibility index (Phi) is 7.50. The van der Waals surface area contributed by atoms with Crippen LogP contribution in [-0.4, -0.2) is 30.3 Å². The minimum Gasteiger partial charge on any atom is -0.506 e. The largest absolute Gasteiger partial charge is 0.506 e. The Bertz CT molecular complexity index is 1130. The van der Waals surface area contributed by atoms with Gasteiger partial charge in [0.1, 0.15) is 17.2 Å². The van der Waals surface area contributed by atoms with Crippen LogP contribution in [0.25, 0.3) is 0 Å². The monoisotopic (exact) mass is 1240 g/mol. The molecule has 0 saturated carbocycles. The molecule has 0 unspecified atom stereocenters. The molecule has 12 heteroatoms. The summed E-state index contributed by atoms with van der Waals surface area (Å²) < 4.78 is 0. The Morgan fingerprint density at radius 3 is 0.889 bits per heavy atom. The van der Waals surface area contributed by atoms with Crippen LogP contribution in [0.3, 0.4) is 0 Å². The molecule has 36 heavy (non-hydrogen) atoms. The third kappa shape index (κ3) is 4.54. The van der Waals surface area contributed by atoms with E-state index >= 15 is 0 Å². The van der Waals surface area contributed by atoms with Crippen LogP contribution in [0, 0.1) is 21.1 Å². The van der Waals surface area contributed by atoms with E-state index in [1.807, 2.05) is 0 Å². The number of rotatable bonds is 6. The number of nitrogens with zero attached hydrogens (tertiary/aromatic N) is 6. The quantitative estimate of drug-likeness (QED) is 0.236. The Labute approximate surface area is 191 Å². The number of para-hydroxylation sites is 6. The second kappa shape index (κ2) is 10.2. The van der Waals surface area contributed by atoms with Gasteiger partial charge in [0.05, 0.1) is 17.1 Å². The Balaban J connectivity index is 0.00000216. The molecular weight excluding hydrogens is 1220 g/mol. The minimum absolute atomic E-state index is 0. The SMILES string of the molecule is [CH2-]N(c1nc(N([CH2-])c2ccccc2O)nc(N([CH2-])c2ccccc2O)n1)c1ccccc1O.[Rf].[Rf].[Rf]. The predicted molar refractivity (Wildman–Crippen MR) is 127 cm³/mol. The molecular formula is C24H21N6O3Rf3-3. The van der Waals surface area contributed by atoms with E-state index in [1.165, 1.54) is 32.9 Å². The Hall–Kier alpha value is -7.53. The second-order valence-corrected chi connectivity index (χ2v) is 6.99. The second-order valence-electron chi connectivity index (χ2n) is 6.99. The maximum atomic E-state index is 10.3. The predicted octanol–water partition coefficient (Wildman–Crippen LogP) is 4.78. The maximum Gasteiger partial charge on any atom is 0.205 e. The standard InChI is InChI=1S/C24H21N6O3.3Rf/c1-28(16-10-4-7-13-19(16)31)22-25-23(29(2)17-11-5-8-14-20(17)32)27-24(26-22)30(3)18-12-6-9-15-21(18)33;;;/h4-15,31-33H,1-3H2;;;/q-3;;;. The van der Waals surface area contributed by atoms with Gasteiger partial charge in [-0.1, -0.05) is 36.4 Å². The molecule has 0 aliphatic carbocycles. The van der Waals surface area contributed by atoms with Crippen molar-refractivity contribution in [3.8, 4) is 17.2 Å². The zero-order valence-electron chi connectivity index (χ0n) is 19.7. The van der Waals surface area contributed by atoms with Crippen molar-refractivity contribution in [3.63, 3.8) is 0 Å². The van der Waals surface area contributed by atoms with Crippen molar-refractivity contribution in [2.75, 3.05) is 14.7 Å². The summed E-state index contributed by atoms with van der Waals surface area (Å²) in [6.07, 6.45) is 0. The van der Waals surface area contributed by atoms with Gasteiger partial charge >= 0.3 is 0 Å². The Morgan fingerprint density at radius 2 is 0.667 bits per heavy atom. The molecule has 1 aromatic heterocycles. The van der Waals surface area contributed by atoms with E-state index in [0.29, 0.717) is 17.1 Å². The van der Waals surface area contributed by atoms with Crippen molar-refractivity contribution in [1.29, 1.82) is 0 Å². The average Bonchev–Trinajstić information content (AvgIpc) is 2.83. The van der Waals surface area contributed by atoms with Crippen LogP contribution < -0.4 is 14.7 Å². The number of anilines is 6. The molecule has 4 aromatic rings. The van der Waals surface area contributed by atoms with Gasteiger partial charge in [0.25, 0.3) is 0 Å². The zero-order valence-corrected chi connectivity index (χ0v) is 38.9. The number of hydrogen-bond donors (Lipinski definition) is 3. The first-order chi connectivity index (χ1) is 15.9. The van der Waals surface area contributed by atoms with Gasteiger partial charge in [-0.2, -0.15) is 15.0 Å². The van der Waals surface area contributed by atoms with Gasteiger partial charge in [0.2, 0.25) is 17.8 Å². The summed E-state index contributed by atoms with van der Waals surface area (Å²) in [5.74, 6) is 0.167. The fraction of sp³-hybridized carbons (Fsp3) is 0. The summed E-state index contributed by atoms with van der Waals surface area (Å²) in [5, 5.41) is 30.8. The summed E-state index contributed by atoms with van der Waals surface area (Å²) in [6, 6.07) is 19.8. The summed E-state index contributed by atoms with van der Waals surface area (Å²) in [5.41, 5.74) is 1.07. The van der Waals surface area contributed by atoms with Crippen LogP contribution in [-0.2, 0) is 0 Å². The van der Waals surface area contributed by atoms with Crippen LogP contribution in [0.4, 0.5) is 34.9 Å². The summed E-state index contributed by atoms with van der Waals surface area (Å²) in [7, 11) is 11.9. The molecule has 0 bridgehead atoms. The first kappa shape index (κ1) is 26.5. The molecule has 0 aliphatic heterocycles. The van der Waals surface area contributed by atoms with Gasteiger partial charge in [-0.3, -0.25) is 0 Å². The first-order valence-corrected chi connectivity index (χ1v) is 9.78. The van der Waals surface area contributed by atoms with E-state index in [1.54, 1.807) is 54.6 Å². The van der Waals surface area contributed by atoms with Crippen molar-refractivity contribution < 1.29 is 15.3 Å². The minimum atomic E-state index is -0.0182. The summed E-state index contributed by atoms with van der Waals surface area (Å²) >= 11 is 0. The number of aromatic hydroxyl groups is 3. The Morgan fingerprint density at radius 1 is 0.444 bits per heavy atom. The molecule has 4 rings (SSSR count). The molecule has 0 amide bonds. The molecule has 0 radical (unpaired) electrons. The molecule has 9 nitrogen and oxygen atoms in total. The van der Waals surface area contributed by atoms with Gasteiger partial charge in [-0.25, -0.2) is 21.1 Å². The van der Waals surface area contributed by atoms with E-state index < -0.39 is 0 Å². The molecule has 0 spiro atoms. The van der Waals surface area contributed by atoms with Crippen molar-refractivity contribution in [2.24, 2.45) is 0 Å². The number of aromatic nitrogens is 3. The van der Waals surface area contributed by atoms with Crippen LogP contribution in [0.1, 0.15) is 0 Å². The van der Waals surface area contributed by atoms with Gasteiger partial charge < -0.3 is 30.0 Å². The van der Waals surface area contributed by atoms with Crippen molar-refractivity contribution in [3.05, 3.63) is 93.9 Å². The molecule has 0 aliphatic rings. The third-order valence-corrected chi connectivity index (χ3v) is 4.84. The fourth-order valence-electron chi connectivity index (χ4n) is 3.11. The number of phenolic OH excluding ortho intramolecular Hbond substituents is 3. The maximum absolute atomic E-state index is 10.3. The summed E-state index contributed by atoms with van der Waals surface area (Å²) in [6.45, 7) is 0. The molecule has 1 heterocycles. The van der Waals surface area contributed by atoms with Crippen LogP contribution in [0.15, 0.2) is 72.8 Å². The molecule has 3 aromatic carbocycles. The van der Waals surface area contributed by atoms with Gasteiger partial charge in [0.15, 0.2) is 0 Å². The topological polar surface area (TPSA) is 109 Å². The normalized spacial score (nSPS) is 9.75. The average molecular weight is 1240 g/mol. The van der Waals surface area contributed by atoms with E-state index in [0.717, 1.165) is 0 Å². The molecule has 0 saturated heterocycles. The number of benzene rings is 3. The number of phenols is 3. The molecule has 174 valence electrons. The summed E-state index contributed by atoms with van der Waals surface area (Å²) in [4.78, 5) is 17.3. The fourth-order valence-corrected chi connectivity index (χ4v) is 3.11. The van der Waals surface area contributed by atoms with Crippen molar-refractivity contribution in [1.82, 2.24) is 15.0 Å². The third-order valence-electron chi connectivity index (χ3n) is 4.84. The first-order valence-electron chi connectivity index (χ1n) is 9.78. The van der Waals surface area contributed by atoms with Crippen LogP contribution >= 0.6 is 0 Å². The number of hydrogen-bond acceptors (Lipinski definition) is 9. The van der Waals surface area contributed by atoms with Gasteiger partial charge in [-0.05, 0) is 36.4 Å². The van der Waals surface area contributed by atoms with Crippen LogP contribution in [0.2, 0.25) is 0 Å².